The Balaban J connectivity index is 1.98. The minimum absolute atomic E-state index is 0.0219. The number of halogens is 1. The Morgan fingerprint density at radius 3 is 2.84 bits per heavy atom. The third kappa shape index (κ3) is 2.08. The van der Waals surface area contributed by atoms with Gasteiger partial charge in [0.1, 0.15) is 11.6 Å². The zero-order valence-electron chi connectivity index (χ0n) is 10.1. The molecule has 1 aromatic heterocycles. The van der Waals surface area contributed by atoms with Crippen LogP contribution in [0.15, 0.2) is 47.7 Å². The van der Waals surface area contributed by atoms with E-state index < -0.39 is 0 Å². The van der Waals surface area contributed by atoms with Crippen molar-refractivity contribution >= 4 is 27.2 Å². The fraction of sp³-hybridized carbons (Fsp3) is 0.133. The highest BCUT2D eigenvalue weighted by molar-refractivity contribution is 7.19. The number of thiophene rings is 1. The minimum Gasteiger partial charge on any atom is -0.507 e. The van der Waals surface area contributed by atoms with Gasteiger partial charge in [-0.3, -0.25) is 4.79 Å². The summed E-state index contributed by atoms with van der Waals surface area (Å²) in [5.74, 6) is -0.330. The predicted molar refractivity (Wildman–Crippen MR) is 73.9 cm³/mol. The topological polar surface area (TPSA) is 37.3 Å². The normalized spacial score (nSPS) is 15.8. The van der Waals surface area contributed by atoms with Crippen molar-refractivity contribution in [3.8, 4) is 0 Å². The highest BCUT2D eigenvalue weighted by Gasteiger charge is 2.26. The molecule has 0 radical (unpaired) electrons. The summed E-state index contributed by atoms with van der Waals surface area (Å²) in [5.41, 5.74) is 0.893. The fourth-order valence-corrected chi connectivity index (χ4v) is 3.30. The second kappa shape index (κ2) is 4.31. The van der Waals surface area contributed by atoms with Gasteiger partial charge in [-0.2, -0.15) is 0 Å². The van der Waals surface area contributed by atoms with Gasteiger partial charge in [0, 0.05) is 28.0 Å². The van der Waals surface area contributed by atoms with Crippen molar-refractivity contribution in [2.75, 3.05) is 0 Å². The van der Waals surface area contributed by atoms with Gasteiger partial charge in [0.15, 0.2) is 5.78 Å². The molecule has 2 nitrogen and oxygen atoms in total. The van der Waals surface area contributed by atoms with Gasteiger partial charge in [-0.1, -0.05) is 6.58 Å². The van der Waals surface area contributed by atoms with E-state index in [1.54, 1.807) is 6.07 Å². The quantitative estimate of drug-likeness (QED) is 0.901. The number of aliphatic hydroxyl groups excluding tert-OH is 1. The number of hydrogen-bond acceptors (Lipinski definition) is 3. The number of carbonyl (C=O) groups excluding carboxylic acids is 1. The summed E-state index contributed by atoms with van der Waals surface area (Å²) >= 11 is 1.50. The van der Waals surface area contributed by atoms with Crippen molar-refractivity contribution in [3.05, 3.63) is 58.4 Å². The lowest BCUT2D eigenvalue weighted by molar-refractivity contribution is -0.114. The molecule has 0 amide bonds. The summed E-state index contributed by atoms with van der Waals surface area (Å²) in [6, 6.07) is 6.47. The van der Waals surface area contributed by atoms with E-state index in [1.165, 1.54) is 23.5 Å². The summed E-state index contributed by atoms with van der Waals surface area (Å²) < 4.78 is 14.1. The van der Waals surface area contributed by atoms with Gasteiger partial charge >= 0.3 is 0 Å². The molecule has 0 unspecified atom stereocenters. The smallest absolute Gasteiger partial charge is 0.167 e. The monoisotopic (exact) mass is 274 g/mol. The molecule has 1 N–H and O–H groups in total. The van der Waals surface area contributed by atoms with E-state index in [9.17, 15) is 14.3 Å². The summed E-state index contributed by atoms with van der Waals surface area (Å²) in [4.78, 5) is 12.7. The average Bonchev–Trinajstić information content (AvgIpc) is 2.85. The number of allylic oxidation sites excluding steroid dienone is 2. The fourth-order valence-electron chi connectivity index (χ4n) is 2.24. The molecule has 2 aromatic rings. The molecule has 0 aliphatic heterocycles. The lowest BCUT2D eigenvalue weighted by Gasteiger charge is -1.98. The van der Waals surface area contributed by atoms with Crippen LogP contribution in [0, 0.1) is 5.82 Å². The zero-order chi connectivity index (χ0) is 13.6. The third-order valence-electron chi connectivity index (χ3n) is 3.21. The Kier molecular flexibility index (Phi) is 2.75. The first kappa shape index (κ1) is 12.1. The van der Waals surface area contributed by atoms with Crippen molar-refractivity contribution in [1.29, 1.82) is 0 Å². The number of hydrogen-bond donors (Lipinski definition) is 1. The van der Waals surface area contributed by atoms with Crippen LogP contribution < -0.4 is 0 Å². The number of carbonyl (C=O) groups is 1. The van der Waals surface area contributed by atoms with Crippen molar-refractivity contribution in [2.45, 2.75) is 12.8 Å². The molecule has 1 aromatic carbocycles. The van der Waals surface area contributed by atoms with Crippen LogP contribution in [0.3, 0.4) is 0 Å². The van der Waals surface area contributed by atoms with E-state index in [0.29, 0.717) is 17.6 Å². The number of aliphatic hydroxyl groups is 1. The predicted octanol–water partition coefficient (Wildman–Crippen LogP) is 3.92. The maximum atomic E-state index is 13.1. The molecule has 0 saturated heterocycles. The van der Waals surface area contributed by atoms with Crippen molar-refractivity contribution in [1.82, 2.24) is 0 Å². The second-order valence-corrected chi connectivity index (χ2v) is 5.77. The van der Waals surface area contributed by atoms with E-state index in [1.807, 2.05) is 6.07 Å². The van der Waals surface area contributed by atoms with Gasteiger partial charge in [-0.25, -0.2) is 4.39 Å². The summed E-state index contributed by atoms with van der Waals surface area (Å²) in [5, 5.41) is 10.6. The number of benzene rings is 1. The van der Waals surface area contributed by atoms with Crippen molar-refractivity contribution < 1.29 is 14.3 Å². The van der Waals surface area contributed by atoms with Crippen LogP contribution in [0.4, 0.5) is 4.39 Å². The van der Waals surface area contributed by atoms with E-state index in [4.69, 9.17) is 0 Å². The second-order valence-electron chi connectivity index (χ2n) is 4.60. The highest BCUT2D eigenvalue weighted by atomic mass is 32.1. The lowest BCUT2D eigenvalue weighted by atomic mass is 10.1. The number of fused-ring (bicyclic) bond motifs is 1. The van der Waals surface area contributed by atoms with Gasteiger partial charge in [0.05, 0.1) is 0 Å². The summed E-state index contributed by atoms with van der Waals surface area (Å²) in [6.45, 7) is 3.66. The van der Waals surface area contributed by atoms with Crippen LogP contribution in [0.25, 0.3) is 10.1 Å². The maximum Gasteiger partial charge on any atom is 0.167 e. The SMILES string of the molecule is C=C1CC(=O)C(Cc2cc3cc(F)ccc3s2)=C1O. The van der Waals surface area contributed by atoms with E-state index >= 15 is 0 Å². The molecule has 0 bridgehead atoms. The van der Waals surface area contributed by atoms with Crippen LogP contribution in [0.2, 0.25) is 0 Å². The third-order valence-corrected chi connectivity index (χ3v) is 4.33. The Morgan fingerprint density at radius 2 is 2.16 bits per heavy atom. The van der Waals surface area contributed by atoms with Crippen LogP contribution in [0.5, 0.6) is 0 Å². The van der Waals surface area contributed by atoms with E-state index in [0.717, 1.165) is 15.0 Å². The van der Waals surface area contributed by atoms with Gasteiger partial charge in [-0.15, -0.1) is 11.3 Å². The first-order valence-electron chi connectivity index (χ1n) is 5.86. The Morgan fingerprint density at radius 1 is 1.37 bits per heavy atom. The first-order chi connectivity index (χ1) is 9.04. The molecule has 19 heavy (non-hydrogen) atoms. The molecule has 1 aliphatic rings. The van der Waals surface area contributed by atoms with Crippen molar-refractivity contribution in [3.63, 3.8) is 0 Å². The van der Waals surface area contributed by atoms with Crippen LogP contribution in [0.1, 0.15) is 11.3 Å². The van der Waals surface area contributed by atoms with Gasteiger partial charge in [0.2, 0.25) is 0 Å². The molecule has 0 fully saturated rings. The van der Waals surface area contributed by atoms with Gasteiger partial charge in [0.25, 0.3) is 0 Å². The molecular formula is C15H11FO2S. The summed E-state index contributed by atoms with van der Waals surface area (Å²) in [6.07, 6.45) is 0.575. The molecule has 0 atom stereocenters. The number of ketones is 1. The van der Waals surface area contributed by atoms with Crippen LogP contribution in [-0.2, 0) is 11.2 Å². The number of Topliss-reactive ketones (excluding diaryl/α,β-unsaturated/α-hetero) is 1. The van der Waals surface area contributed by atoms with Gasteiger partial charge in [-0.05, 0) is 35.2 Å². The molecule has 0 spiro atoms. The molecule has 96 valence electrons. The standard InChI is InChI=1S/C15H11FO2S/c1-8-4-13(17)12(15(8)18)7-11-6-9-5-10(16)2-3-14(9)19-11/h2-3,5-6,18H,1,4,7H2. The molecule has 3 rings (SSSR count). The maximum absolute atomic E-state index is 13.1. The highest BCUT2D eigenvalue weighted by Crippen LogP contribution is 2.32. The number of rotatable bonds is 2. The van der Waals surface area contributed by atoms with E-state index in [-0.39, 0.29) is 23.8 Å². The molecule has 4 heteroatoms. The molecule has 1 aliphatic carbocycles. The summed E-state index contributed by atoms with van der Waals surface area (Å²) in [7, 11) is 0. The first-order valence-corrected chi connectivity index (χ1v) is 6.67. The molecule has 1 heterocycles. The lowest BCUT2D eigenvalue weighted by Crippen LogP contribution is -1.99. The van der Waals surface area contributed by atoms with Crippen molar-refractivity contribution in [2.24, 2.45) is 0 Å². The Labute approximate surface area is 113 Å². The van der Waals surface area contributed by atoms with E-state index in [2.05, 4.69) is 6.58 Å². The Bertz CT molecular complexity index is 740. The Hall–Kier alpha value is -1.94. The zero-order valence-corrected chi connectivity index (χ0v) is 10.9. The molecular weight excluding hydrogens is 263 g/mol. The minimum atomic E-state index is -0.274. The molecule has 0 saturated carbocycles. The van der Waals surface area contributed by atoms with Crippen LogP contribution >= 0.6 is 11.3 Å². The van der Waals surface area contributed by atoms with Crippen LogP contribution in [-0.4, -0.2) is 10.9 Å². The largest absolute Gasteiger partial charge is 0.507 e. The average molecular weight is 274 g/mol. The van der Waals surface area contributed by atoms with Gasteiger partial charge < -0.3 is 5.11 Å².